The average molecular weight is 378 g/mol. The summed E-state index contributed by atoms with van der Waals surface area (Å²) >= 11 is 0. The van der Waals surface area contributed by atoms with Crippen LogP contribution < -0.4 is 0 Å². The summed E-state index contributed by atoms with van der Waals surface area (Å²) in [5, 5.41) is 0. The van der Waals surface area contributed by atoms with Gasteiger partial charge < -0.3 is 0 Å². The zero-order chi connectivity index (χ0) is 19.8. The maximum absolute atomic E-state index is 13.2. The number of hydrogen-bond donors (Lipinski definition) is 0. The molecule has 0 N–H and O–H groups in total. The van der Waals surface area contributed by atoms with Gasteiger partial charge in [0.15, 0.2) is 0 Å². The van der Waals surface area contributed by atoms with Crippen molar-refractivity contribution in [1.29, 1.82) is 0 Å². The Labute approximate surface area is 126 Å². The zero-order valence-electron chi connectivity index (χ0n) is 11.1. The molecule has 0 aromatic carbocycles. The van der Waals surface area contributed by atoms with Crippen LogP contribution in [0.2, 0.25) is 0 Å². The predicted molar refractivity (Wildman–Crippen MR) is 57.1 cm³/mol. The molecule has 0 aliphatic carbocycles. The molecular weight excluding hydrogens is 372 g/mol. The van der Waals surface area contributed by atoms with Gasteiger partial charge in [0, 0.05) is 12.2 Å². The molecule has 24 heavy (non-hydrogen) atoms. The van der Waals surface area contributed by atoms with Crippen LogP contribution in [-0.4, -0.2) is 35.5 Å². The van der Waals surface area contributed by atoms with E-state index in [0.29, 0.717) is 0 Å². The molecule has 0 aliphatic rings. The molecule has 0 bridgehead atoms. The Morgan fingerprint density at radius 1 is 0.458 bits per heavy atom. The van der Waals surface area contributed by atoms with E-state index in [1.165, 1.54) is 0 Å². The largest absolute Gasteiger partial charge is 0.385 e. The lowest BCUT2D eigenvalue weighted by molar-refractivity contribution is -0.415. The van der Waals surface area contributed by atoms with Crippen molar-refractivity contribution in [3.8, 4) is 0 Å². The summed E-state index contributed by atoms with van der Waals surface area (Å²) in [6, 6.07) is 0. The van der Waals surface area contributed by atoms with Gasteiger partial charge in [-0.1, -0.05) is 13.2 Å². The topological polar surface area (TPSA) is 0 Å². The first-order valence-electron chi connectivity index (χ1n) is 5.38. The molecule has 0 amide bonds. The minimum absolute atomic E-state index is 0.884. The summed E-state index contributed by atoms with van der Waals surface area (Å²) in [5.74, 6) is -41.9. The van der Waals surface area contributed by atoms with Crippen molar-refractivity contribution in [3.63, 3.8) is 0 Å². The van der Waals surface area contributed by atoms with Crippen molar-refractivity contribution in [3.05, 3.63) is 36.8 Å². The SMILES string of the molecule is C=C=CC(F)(F)C(F)(F)C(F)(F)C(F)(F)C(F)(F)C(F)(F)C=C=C. The molecule has 0 aromatic heterocycles. The molecule has 0 heterocycles. The fraction of sp³-hybridized carbons (Fsp3) is 0.500. The lowest BCUT2D eigenvalue weighted by atomic mass is 9.91. The monoisotopic (exact) mass is 378 g/mol. The Morgan fingerprint density at radius 2 is 0.667 bits per heavy atom. The van der Waals surface area contributed by atoms with E-state index in [2.05, 4.69) is 13.2 Å². The van der Waals surface area contributed by atoms with Crippen molar-refractivity contribution >= 4 is 0 Å². The van der Waals surface area contributed by atoms with E-state index >= 15 is 0 Å². The second-order valence-corrected chi connectivity index (χ2v) is 4.24. The Kier molecular flexibility index (Phi) is 5.48. The molecule has 0 atom stereocenters. The fourth-order valence-corrected chi connectivity index (χ4v) is 1.25. The second kappa shape index (κ2) is 5.93. The number of allylic oxidation sites excluding steroid dienone is 2. The van der Waals surface area contributed by atoms with Gasteiger partial charge in [0.25, 0.3) is 0 Å². The molecular formula is C12H6F12. The van der Waals surface area contributed by atoms with Crippen LogP contribution in [0.3, 0.4) is 0 Å². The Bertz CT molecular complexity index is 521. The summed E-state index contributed by atoms with van der Waals surface area (Å²) < 4.78 is 156. The molecule has 0 radical (unpaired) electrons. The standard InChI is InChI=1S/C12H6F12/c1-3-5-7(13,14)9(17,18)11(21,22)12(23,24)10(19,20)8(15,16)6-4-2/h5-6H,1-2H2. The first-order valence-corrected chi connectivity index (χ1v) is 5.38. The highest BCUT2D eigenvalue weighted by Gasteiger charge is 2.89. The number of alkyl halides is 12. The highest BCUT2D eigenvalue weighted by Crippen LogP contribution is 2.60. The van der Waals surface area contributed by atoms with Crippen LogP contribution in [0.15, 0.2) is 36.8 Å². The first-order chi connectivity index (χ1) is 10.4. The average Bonchev–Trinajstić information content (AvgIpc) is 2.37. The molecule has 0 nitrogen and oxygen atoms in total. The van der Waals surface area contributed by atoms with Crippen molar-refractivity contribution in [2.24, 2.45) is 0 Å². The Morgan fingerprint density at radius 3 is 0.833 bits per heavy atom. The smallest absolute Gasteiger partial charge is 0.194 e. The van der Waals surface area contributed by atoms with Gasteiger partial charge in [0.1, 0.15) is 0 Å². The van der Waals surface area contributed by atoms with Crippen LogP contribution in [0, 0.1) is 0 Å². The van der Waals surface area contributed by atoms with E-state index in [1.807, 2.05) is 0 Å². The lowest BCUT2D eigenvalue weighted by Gasteiger charge is -2.40. The van der Waals surface area contributed by atoms with Gasteiger partial charge in [-0.15, -0.1) is 11.5 Å². The molecule has 0 saturated carbocycles. The highest BCUT2D eigenvalue weighted by atomic mass is 19.4. The van der Waals surface area contributed by atoms with E-state index in [9.17, 15) is 52.7 Å². The van der Waals surface area contributed by atoms with Gasteiger partial charge in [-0.2, -0.15) is 52.7 Å². The molecule has 12 heteroatoms. The van der Waals surface area contributed by atoms with Gasteiger partial charge >= 0.3 is 35.5 Å². The highest BCUT2D eigenvalue weighted by molar-refractivity contribution is 5.17. The summed E-state index contributed by atoms with van der Waals surface area (Å²) in [4.78, 5) is 0. The fourth-order valence-electron chi connectivity index (χ4n) is 1.25. The third-order valence-electron chi connectivity index (χ3n) is 2.59. The quantitative estimate of drug-likeness (QED) is 0.407. The van der Waals surface area contributed by atoms with Crippen LogP contribution >= 0.6 is 0 Å². The second-order valence-electron chi connectivity index (χ2n) is 4.24. The van der Waals surface area contributed by atoms with E-state index < -0.39 is 47.7 Å². The van der Waals surface area contributed by atoms with Crippen molar-refractivity contribution in [2.75, 3.05) is 0 Å². The van der Waals surface area contributed by atoms with Crippen LogP contribution in [-0.2, 0) is 0 Å². The summed E-state index contributed by atoms with van der Waals surface area (Å²) in [6.07, 6.45) is -2.40. The van der Waals surface area contributed by atoms with Gasteiger partial charge in [-0.25, -0.2) is 0 Å². The third kappa shape index (κ3) is 2.84. The van der Waals surface area contributed by atoms with Crippen LogP contribution in [0.1, 0.15) is 0 Å². The summed E-state index contributed by atoms with van der Waals surface area (Å²) in [7, 11) is 0. The minimum atomic E-state index is -7.60. The van der Waals surface area contributed by atoms with Gasteiger partial charge in [0.05, 0.1) is 0 Å². The summed E-state index contributed by atoms with van der Waals surface area (Å²) in [5.41, 5.74) is 1.77. The van der Waals surface area contributed by atoms with E-state index in [1.54, 1.807) is 0 Å². The minimum Gasteiger partial charge on any atom is -0.194 e. The molecule has 0 spiro atoms. The summed E-state index contributed by atoms with van der Waals surface area (Å²) in [6.45, 7) is 4.60. The maximum Gasteiger partial charge on any atom is 0.385 e. The molecule has 0 rings (SSSR count). The maximum atomic E-state index is 13.2. The van der Waals surface area contributed by atoms with Crippen LogP contribution in [0.25, 0.3) is 0 Å². The molecule has 138 valence electrons. The van der Waals surface area contributed by atoms with Gasteiger partial charge in [-0.3, -0.25) is 0 Å². The van der Waals surface area contributed by atoms with Crippen molar-refractivity contribution in [2.45, 2.75) is 35.5 Å². The molecule has 0 unspecified atom stereocenters. The van der Waals surface area contributed by atoms with Gasteiger partial charge in [-0.05, 0) is 0 Å². The molecule has 0 aliphatic heterocycles. The Balaban J connectivity index is 6.46. The Hall–Kier alpha value is -1.80. The number of halogens is 12. The first kappa shape index (κ1) is 22.2. The van der Waals surface area contributed by atoms with E-state index in [-0.39, 0.29) is 0 Å². The predicted octanol–water partition coefficient (Wildman–Crippen LogP) is 5.48. The van der Waals surface area contributed by atoms with Crippen LogP contribution in [0.4, 0.5) is 52.7 Å². The molecule has 0 fully saturated rings. The number of hydrogen-bond acceptors (Lipinski definition) is 0. The van der Waals surface area contributed by atoms with E-state index in [4.69, 9.17) is 0 Å². The number of rotatable bonds is 7. The zero-order valence-corrected chi connectivity index (χ0v) is 11.1. The van der Waals surface area contributed by atoms with Crippen LogP contribution in [0.5, 0.6) is 0 Å². The van der Waals surface area contributed by atoms with Gasteiger partial charge in [0.2, 0.25) is 0 Å². The van der Waals surface area contributed by atoms with E-state index in [0.717, 1.165) is 11.5 Å². The molecule has 0 aromatic rings. The molecule has 0 saturated heterocycles. The van der Waals surface area contributed by atoms with Crippen molar-refractivity contribution in [1.82, 2.24) is 0 Å². The van der Waals surface area contributed by atoms with Crippen molar-refractivity contribution < 1.29 is 52.7 Å². The lowest BCUT2D eigenvalue weighted by Crippen LogP contribution is -2.70. The third-order valence-corrected chi connectivity index (χ3v) is 2.59. The normalized spacial score (nSPS) is 14.7.